The number of carbonyl (C=O) groups excluding carboxylic acids is 2. The summed E-state index contributed by atoms with van der Waals surface area (Å²) in [6.45, 7) is 2.92. The van der Waals surface area contributed by atoms with Gasteiger partial charge in [-0.15, -0.1) is 0 Å². The minimum Gasteiger partial charge on any atom is -0.408 e. The average Bonchev–Trinajstić information content (AvgIpc) is 2.46. The van der Waals surface area contributed by atoms with Gasteiger partial charge in [-0.25, -0.2) is 0 Å². The number of methoxy groups -OCH3 is 4. The van der Waals surface area contributed by atoms with Crippen LogP contribution in [0.15, 0.2) is 0 Å². The van der Waals surface area contributed by atoms with Gasteiger partial charge in [-0.2, -0.15) is 0 Å². The van der Waals surface area contributed by atoms with E-state index in [1.807, 2.05) is 0 Å². The molecule has 0 atom stereocenters. The Morgan fingerprint density at radius 1 is 0.714 bits per heavy atom. The lowest BCUT2D eigenvalue weighted by atomic mass is 10.2. The second kappa shape index (κ2) is 8.93. The van der Waals surface area contributed by atoms with Gasteiger partial charge in [0, 0.05) is 55.1 Å². The highest BCUT2D eigenvalue weighted by Crippen LogP contribution is 2.16. The molecule has 0 unspecified atom stereocenters. The molecular formula is C13H24O8. The van der Waals surface area contributed by atoms with E-state index in [9.17, 15) is 9.59 Å². The van der Waals surface area contributed by atoms with Crippen LogP contribution in [0.1, 0.15) is 33.1 Å². The van der Waals surface area contributed by atoms with Crippen molar-refractivity contribution in [2.24, 2.45) is 0 Å². The van der Waals surface area contributed by atoms with Crippen LogP contribution in [-0.2, 0) is 38.0 Å². The summed E-state index contributed by atoms with van der Waals surface area (Å²) >= 11 is 0. The predicted molar refractivity (Wildman–Crippen MR) is 70.9 cm³/mol. The van der Waals surface area contributed by atoms with E-state index in [4.69, 9.17) is 28.4 Å². The van der Waals surface area contributed by atoms with Crippen LogP contribution in [0.5, 0.6) is 0 Å². The first-order chi connectivity index (χ1) is 9.74. The van der Waals surface area contributed by atoms with E-state index in [1.54, 1.807) is 0 Å². The van der Waals surface area contributed by atoms with Crippen molar-refractivity contribution in [2.75, 3.05) is 28.4 Å². The van der Waals surface area contributed by atoms with Gasteiger partial charge in [-0.3, -0.25) is 9.59 Å². The van der Waals surface area contributed by atoms with Crippen LogP contribution in [0.3, 0.4) is 0 Å². The first-order valence-electron chi connectivity index (χ1n) is 6.38. The first-order valence-corrected chi connectivity index (χ1v) is 6.38. The van der Waals surface area contributed by atoms with Crippen molar-refractivity contribution in [3.63, 3.8) is 0 Å². The van der Waals surface area contributed by atoms with Gasteiger partial charge < -0.3 is 28.4 Å². The third-order valence-electron chi connectivity index (χ3n) is 2.84. The number of hydrogen-bond donors (Lipinski definition) is 0. The molecule has 8 nitrogen and oxygen atoms in total. The van der Waals surface area contributed by atoms with Crippen molar-refractivity contribution < 1.29 is 38.0 Å². The SMILES string of the molecule is COC(C)(OC)OC(=O)CCCC(=O)OC(C)(OC)OC. The Hall–Kier alpha value is -1.22. The third-order valence-corrected chi connectivity index (χ3v) is 2.84. The van der Waals surface area contributed by atoms with E-state index in [-0.39, 0.29) is 19.3 Å². The Kier molecular flexibility index (Phi) is 8.41. The number of hydrogen-bond acceptors (Lipinski definition) is 8. The van der Waals surface area contributed by atoms with Crippen LogP contribution >= 0.6 is 0 Å². The molecule has 0 saturated carbocycles. The Morgan fingerprint density at radius 3 is 1.24 bits per heavy atom. The molecule has 0 radical (unpaired) electrons. The fourth-order valence-corrected chi connectivity index (χ4v) is 1.23. The Labute approximate surface area is 124 Å². The molecule has 0 aliphatic carbocycles. The van der Waals surface area contributed by atoms with Crippen LogP contribution in [0.4, 0.5) is 0 Å². The van der Waals surface area contributed by atoms with Gasteiger partial charge in [0.15, 0.2) is 0 Å². The maximum Gasteiger partial charge on any atom is 0.325 e. The molecule has 0 bridgehead atoms. The van der Waals surface area contributed by atoms with Crippen molar-refractivity contribution in [3.05, 3.63) is 0 Å². The summed E-state index contributed by atoms with van der Waals surface area (Å²) in [5.41, 5.74) is 0. The highest BCUT2D eigenvalue weighted by atomic mass is 16.9. The summed E-state index contributed by atoms with van der Waals surface area (Å²) in [5, 5.41) is 0. The molecule has 0 aromatic heterocycles. The molecule has 0 saturated heterocycles. The molecule has 0 aromatic carbocycles. The number of esters is 2. The Balaban J connectivity index is 4.09. The molecule has 0 N–H and O–H groups in total. The van der Waals surface area contributed by atoms with E-state index < -0.39 is 23.9 Å². The number of rotatable bonds is 10. The average molecular weight is 308 g/mol. The van der Waals surface area contributed by atoms with Gasteiger partial charge in [-0.1, -0.05) is 0 Å². The maximum atomic E-state index is 11.6. The number of ether oxygens (including phenoxy) is 6. The molecular weight excluding hydrogens is 284 g/mol. The van der Waals surface area contributed by atoms with Gasteiger partial charge in [-0.05, 0) is 6.42 Å². The molecule has 0 aliphatic rings. The smallest absolute Gasteiger partial charge is 0.325 e. The lowest BCUT2D eigenvalue weighted by Gasteiger charge is -2.26. The Morgan fingerprint density at radius 2 is 1.00 bits per heavy atom. The monoisotopic (exact) mass is 308 g/mol. The van der Waals surface area contributed by atoms with Crippen molar-refractivity contribution in [3.8, 4) is 0 Å². The minimum absolute atomic E-state index is 0.0219. The summed E-state index contributed by atoms with van der Waals surface area (Å²) in [7, 11) is 5.41. The number of carbonyl (C=O) groups is 2. The molecule has 0 amide bonds. The molecule has 0 heterocycles. The first kappa shape index (κ1) is 19.8. The largest absolute Gasteiger partial charge is 0.408 e. The zero-order valence-corrected chi connectivity index (χ0v) is 13.4. The van der Waals surface area contributed by atoms with Gasteiger partial charge in [0.2, 0.25) is 0 Å². The molecule has 0 fully saturated rings. The van der Waals surface area contributed by atoms with E-state index in [1.165, 1.54) is 42.3 Å². The van der Waals surface area contributed by atoms with Crippen molar-refractivity contribution >= 4 is 11.9 Å². The van der Waals surface area contributed by atoms with Crippen LogP contribution in [-0.4, -0.2) is 52.3 Å². The van der Waals surface area contributed by atoms with Gasteiger partial charge in [0.25, 0.3) is 0 Å². The predicted octanol–water partition coefficient (Wildman–Crippen LogP) is 1.18. The summed E-state index contributed by atoms with van der Waals surface area (Å²) < 4.78 is 29.5. The van der Waals surface area contributed by atoms with Gasteiger partial charge in [0.1, 0.15) is 0 Å². The van der Waals surface area contributed by atoms with E-state index in [0.29, 0.717) is 0 Å². The minimum atomic E-state index is -1.43. The van der Waals surface area contributed by atoms with Crippen molar-refractivity contribution in [1.29, 1.82) is 0 Å². The van der Waals surface area contributed by atoms with E-state index in [2.05, 4.69) is 0 Å². The fourth-order valence-electron chi connectivity index (χ4n) is 1.23. The zero-order chi connectivity index (χ0) is 16.5. The Bertz CT molecular complexity index is 301. The lowest BCUT2D eigenvalue weighted by Crippen LogP contribution is -2.36. The highest BCUT2D eigenvalue weighted by Gasteiger charge is 2.29. The second-order valence-electron chi connectivity index (χ2n) is 4.34. The zero-order valence-electron chi connectivity index (χ0n) is 13.4. The summed E-state index contributed by atoms with van der Waals surface area (Å²) in [6, 6.07) is 0. The molecule has 0 aromatic rings. The molecule has 0 aliphatic heterocycles. The van der Waals surface area contributed by atoms with Crippen LogP contribution in [0, 0.1) is 0 Å². The van der Waals surface area contributed by atoms with Gasteiger partial charge in [0.05, 0.1) is 0 Å². The van der Waals surface area contributed by atoms with Crippen LogP contribution < -0.4 is 0 Å². The molecule has 8 heteroatoms. The third kappa shape index (κ3) is 7.37. The summed E-state index contributed by atoms with van der Waals surface area (Å²) in [5.74, 6) is -3.95. The fraction of sp³-hybridized carbons (Fsp3) is 0.846. The summed E-state index contributed by atoms with van der Waals surface area (Å²) in [6.07, 6.45) is 0.298. The molecule has 0 spiro atoms. The molecule has 124 valence electrons. The van der Waals surface area contributed by atoms with Gasteiger partial charge >= 0.3 is 23.9 Å². The van der Waals surface area contributed by atoms with Crippen LogP contribution in [0.25, 0.3) is 0 Å². The molecule has 21 heavy (non-hydrogen) atoms. The quantitative estimate of drug-likeness (QED) is 0.439. The second-order valence-corrected chi connectivity index (χ2v) is 4.34. The molecule has 0 rings (SSSR count). The van der Waals surface area contributed by atoms with Crippen molar-refractivity contribution in [1.82, 2.24) is 0 Å². The maximum absolute atomic E-state index is 11.6. The van der Waals surface area contributed by atoms with E-state index >= 15 is 0 Å². The van der Waals surface area contributed by atoms with E-state index in [0.717, 1.165) is 0 Å². The highest BCUT2D eigenvalue weighted by molar-refractivity contribution is 5.72. The van der Waals surface area contributed by atoms with Crippen molar-refractivity contribution in [2.45, 2.75) is 45.1 Å². The van der Waals surface area contributed by atoms with Crippen LogP contribution in [0.2, 0.25) is 0 Å². The summed E-state index contributed by atoms with van der Waals surface area (Å²) in [4.78, 5) is 23.1. The lowest BCUT2D eigenvalue weighted by molar-refractivity contribution is -0.333. The standard InChI is InChI=1S/C13H24O8/c1-12(16-3,17-4)20-10(14)8-7-9-11(15)21-13(2,18-5)19-6/h7-9H2,1-6H3. The topological polar surface area (TPSA) is 89.5 Å². The normalized spacial score (nSPS) is 12.1.